The predicted molar refractivity (Wildman–Crippen MR) is 128 cm³/mol. The van der Waals surface area contributed by atoms with Gasteiger partial charge < -0.3 is 15.0 Å². The fraction of sp³-hybridized carbons (Fsp3) is 0.292. The molecule has 2 aliphatic rings. The average Bonchev–Trinajstić information content (AvgIpc) is 3.36. The highest BCUT2D eigenvalue weighted by Gasteiger charge is 2.29. The first kappa shape index (κ1) is 22.4. The van der Waals surface area contributed by atoms with Crippen molar-refractivity contribution in [2.75, 3.05) is 49.6 Å². The van der Waals surface area contributed by atoms with Crippen molar-refractivity contribution < 1.29 is 13.5 Å². The molecule has 1 saturated heterocycles. The van der Waals surface area contributed by atoms with Crippen LogP contribution in [0.15, 0.2) is 48.7 Å². The molecule has 0 bridgehead atoms. The lowest BCUT2D eigenvalue weighted by Crippen LogP contribution is -2.39. The van der Waals surface area contributed by atoms with Crippen molar-refractivity contribution in [2.24, 2.45) is 0 Å². The number of hydrogen-bond acceptors (Lipinski definition) is 9. The Kier molecular flexibility index (Phi) is 5.95. The van der Waals surface area contributed by atoms with E-state index in [0.717, 1.165) is 50.3 Å². The maximum Gasteiger partial charge on any atom is 0.224 e. The summed E-state index contributed by atoms with van der Waals surface area (Å²) in [5, 5.41) is 15.6. The van der Waals surface area contributed by atoms with Gasteiger partial charge in [-0.25, -0.2) is 13.8 Å². The van der Waals surface area contributed by atoms with E-state index in [1.54, 1.807) is 16.9 Å². The van der Waals surface area contributed by atoms with Crippen LogP contribution >= 0.6 is 0 Å². The van der Waals surface area contributed by atoms with E-state index >= 15 is 0 Å². The Balaban J connectivity index is 1.38. The van der Waals surface area contributed by atoms with E-state index < -0.39 is 11.6 Å². The number of halogens is 2. The second-order valence-electron chi connectivity index (χ2n) is 8.55. The molecule has 4 heterocycles. The Morgan fingerprint density at radius 3 is 2.67 bits per heavy atom. The van der Waals surface area contributed by atoms with E-state index in [0.29, 0.717) is 35.3 Å². The van der Waals surface area contributed by atoms with Gasteiger partial charge in [-0.3, -0.25) is 4.90 Å². The van der Waals surface area contributed by atoms with Gasteiger partial charge in [-0.05, 0) is 40.3 Å². The van der Waals surface area contributed by atoms with Gasteiger partial charge in [0.2, 0.25) is 5.95 Å². The smallest absolute Gasteiger partial charge is 0.224 e. The number of aromatic nitrogens is 6. The van der Waals surface area contributed by atoms with Gasteiger partial charge in [0, 0.05) is 38.9 Å². The lowest BCUT2D eigenvalue weighted by atomic mass is 10.1. The average molecular weight is 492 g/mol. The first-order chi connectivity index (χ1) is 17.7. The topological polar surface area (TPSA) is 97.1 Å². The van der Waals surface area contributed by atoms with Crippen molar-refractivity contribution in [2.45, 2.75) is 6.54 Å². The minimum absolute atomic E-state index is 0.240. The lowest BCUT2D eigenvalue weighted by molar-refractivity contribution is 0.0398. The molecule has 1 N–H and O–H groups in total. The largest absolute Gasteiger partial charge is 0.379 e. The molecule has 2 aliphatic heterocycles. The number of rotatable bonds is 6. The van der Waals surface area contributed by atoms with Crippen LogP contribution in [0.3, 0.4) is 0 Å². The van der Waals surface area contributed by atoms with Crippen LogP contribution in [0.25, 0.3) is 17.1 Å². The highest BCUT2D eigenvalue weighted by atomic mass is 19.2. The fourth-order valence-electron chi connectivity index (χ4n) is 4.46. The normalized spacial score (nSPS) is 15.1. The Morgan fingerprint density at radius 2 is 1.83 bits per heavy atom. The molecule has 6 rings (SSSR count). The quantitative estimate of drug-likeness (QED) is 0.437. The molecule has 0 spiro atoms. The molecule has 0 amide bonds. The molecule has 184 valence electrons. The van der Waals surface area contributed by atoms with Crippen LogP contribution in [0, 0.1) is 11.6 Å². The van der Waals surface area contributed by atoms with E-state index in [2.05, 4.69) is 30.7 Å². The van der Waals surface area contributed by atoms with Gasteiger partial charge >= 0.3 is 0 Å². The molecule has 0 unspecified atom stereocenters. The van der Waals surface area contributed by atoms with Crippen LogP contribution in [0.2, 0.25) is 0 Å². The van der Waals surface area contributed by atoms with Gasteiger partial charge in [0.05, 0.1) is 30.2 Å². The van der Waals surface area contributed by atoms with Crippen LogP contribution in [0.1, 0.15) is 5.56 Å². The summed E-state index contributed by atoms with van der Waals surface area (Å²) in [4.78, 5) is 13.6. The molecular weight excluding hydrogens is 468 g/mol. The summed E-state index contributed by atoms with van der Waals surface area (Å²) in [7, 11) is 0. The number of ether oxygens (including phenoxy) is 1. The van der Waals surface area contributed by atoms with Crippen LogP contribution in [-0.2, 0) is 11.3 Å². The molecule has 12 heteroatoms. The van der Waals surface area contributed by atoms with Crippen molar-refractivity contribution in [1.29, 1.82) is 0 Å². The van der Waals surface area contributed by atoms with Crippen LogP contribution in [-0.4, -0.2) is 74.5 Å². The highest BCUT2D eigenvalue weighted by molar-refractivity contribution is 5.83. The van der Waals surface area contributed by atoms with Crippen molar-refractivity contribution in [3.05, 3.63) is 65.9 Å². The predicted octanol–water partition coefficient (Wildman–Crippen LogP) is 2.79. The second kappa shape index (κ2) is 9.55. The summed E-state index contributed by atoms with van der Waals surface area (Å²) in [6, 6.07) is 11.5. The van der Waals surface area contributed by atoms with Crippen LogP contribution < -0.4 is 10.2 Å². The molecule has 1 fully saturated rings. The van der Waals surface area contributed by atoms with E-state index in [1.165, 1.54) is 6.07 Å². The van der Waals surface area contributed by atoms with Crippen molar-refractivity contribution in [3.8, 4) is 17.1 Å². The molecule has 2 aromatic heterocycles. The number of nitrogens with zero attached hydrogens (tertiary/aromatic N) is 8. The third-order valence-electron chi connectivity index (χ3n) is 6.27. The zero-order chi connectivity index (χ0) is 24.5. The molecule has 10 nitrogen and oxygen atoms in total. The Bertz CT molecular complexity index is 1390. The van der Waals surface area contributed by atoms with Gasteiger partial charge in [-0.2, -0.15) is 9.67 Å². The van der Waals surface area contributed by atoms with E-state index in [4.69, 9.17) is 9.72 Å². The number of fused-ring (bicyclic) bond motifs is 5. The first-order valence-electron chi connectivity index (χ1n) is 11.7. The number of hydrogen-bond donors (Lipinski definition) is 1. The van der Waals surface area contributed by atoms with Gasteiger partial charge in [0.15, 0.2) is 17.5 Å². The van der Waals surface area contributed by atoms with Gasteiger partial charge in [-0.1, -0.05) is 18.2 Å². The number of nitrogens with one attached hydrogen (secondary N) is 1. The first-order valence-corrected chi connectivity index (χ1v) is 11.7. The molecule has 0 radical (unpaired) electrons. The van der Waals surface area contributed by atoms with Gasteiger partial charge in [0.25, 0.3) is 0 Å². The maximum absolute atomic E-state index is 14.1. The second-order valence-corrected chi connectivity index (χ2v) is 8.55. The van der Waals surface area contributed by atoms with Crippen molar-refractivity contribution in [1.82, 2.24) is 35.1 Å². The molecular formula is C24H23F2N9O. The van der Waals surface area contributed by atoms with Crippen molar-refractivity contribution in [3.63, 3.8) is 0 Å². The summed E-state index contributed by atoms with van der Waals surface area (Å²) < 4.78 is 34.7. The summed E-state index contributed by atoms with van der Waals surface area (Å²) in [6.07, 6.45) is 1.69. The molecule has 4 aromatic rings. The van der Waals surface area contributed by atoms with Gasteiger partial charge in [-0.15, -0.1) is 5.10 Å². The third kappa shape index (κ3) is 4.25. The van der Waals surface area contributed by atoms with E-state index in [9.17, 15) is 8.78 Å². The number of benzene rings is 2. The zero-order valence-electron chi connectivity index (χ0n) is 19.3. The summed E-state index contributed by atoms with van der Waals surface area (Å²) in [5.74, 6) is -0.284. The molecule has 0 aliphatic carbocycles. The minimum Gasteiger partial charge on any atom is -0.379 e. The number of morpholine rings is 1. The minimum atomic E-state index is -0.900. The third-order valence-corrected chi connectivity index (χ3v) is 6.27. The number of anilines is 3. The van der Waals surface area contributed by atoms with Gasteiger partial charge in [0.1, 0.15) is 5.82 Å². The highest BCUT2D eigenvalue weighted by Crippen LogP contribution is 2.41. The standard InChI is InChI=1S/C24H23F2N9O/c25-18-6-5-16(13-19(18)26)15-34-20-3-1-2-4-21(20)35-23(30-31-32-35)17-14-28-24(29-22(17)34)27-7-8-33-9-11-36-12-10-33/h1-6,13-14H,7-12,15H2,(H,27,28,29). The maximum atomic E-state index is 14.1. The molecule has 2 aromatic carbocycles. The Labute approximate surface area is 205 Å². The lowest BCUT2D eigenvalue weighted by Gasteiger charge is -2.27. The SMILES string of the molecule is Fc1ccc(CN2c3ccccc3-n3nnnc3-c3cnc(NCCN4CCOCC4)nc32)cc1F. The Hall–Kier alpha value is -4.03. The summed E-state index contributed by atoms with van der Waals surface area (Å²) in [6.45, 7) is 5.01. The number of para-hydroxylation sites is 2. The number of tetrazole rings is 1. The molecule has 36 heavy (non-hydrogen) atoms. The Morgan fingerprint density at radius 1 is 1.00 bits per heavy atom. The van der Waals surface area contributed by atoms with Crippen LogP contribution in [0.4, 0.5) is 26.2 Å². The monoisotopic (exact) mass is 491 g/mol. The van der Waals surface area contributed by atoms with E-state index in [-0.39, 0.29) is 6.54 Å². The zero-order valence-corrected chi connectivity index (χ0v) is 19.3. The van der Waals surface area contributed by atoms with E-state index in [1.807, 2.05) is 29.2 Å². The molecule has 0 atom stereocenters. The summed E-state index contributed by atoms with van der Waals surface area (Å²) in [5.41, 5.74) is 2.71. The molecule has 0 saturated carbocycles. The van der Waals surface area contributed by atoms with Crippen LogP contribution in [0.5, 0.6) is 0 Å². The fourth-order valence-corrected chi connectivity index (χ4v) is 4.46. The summed E-state index contributed by atoms with van der Waals surface area (Å²) >= 11 is 0. The van der Waals surface area contributed by atoms with Crippen molar-refractivity contribution >= 4 is 17.5 Å².